The number of rotatable bonds is 9. The van der Waals surface area contributed by atoms with Gasteiger partial charge in [0.2, 0.25) is 0 Å². The van der Waals surface area contributed by atoms with Crippen LogP contribution in [0.1, 0.15) is 47.5 Å². The van der Waals surface area contributed by atoms with E-state index in [1.54, 1.807) is 0 Å². The maximum Gasteiger partial charge on any atom is 0.188 e. The normalized spacial score (nSPS) is 13.5. The lowest BCUT2D eigenvalue weighted by molar-refractivity contribution is 0.0266. The second-order valence-electron chi connectivity index (χ2n) is 5.40. The maximum atomic E-state index is 5.79. The SMILES string of the molecule is CCOC(CCN=C(N)NCCC(C)C)C(C)C.I. The molecule has 0 radical (unpaired) electrons. The van der Waals surface area contributed by atoms with Crippen molar-refractivity contribution in [2.24, 2.45) is 22.6 Å². The van der Waals surface area contributed by atoms with E-state index in [1.165, 1.54) is 0 Å². The number of halogens is 1. The minimum Gasteiger partial charge on any atom is -0.378 e. The number of ether oxygens (including phenoxy) is 1. The minimum atomic E-state index is 0. The van der Waals surface area contributed by atoms with Crippen LogP contribution < -0.4 is 11.1 Å². The van der Waals surface area contributed by atoms with Gasteiger partial charge >= 0.3 is 0 Å². The van der Waals surface area contributed by atoms with Crippen LogP contribution in [0.3, 0.4) is 0 Å². The third-order valence-corrected chi connectivity index (χ3v) is 2.85. The van der Waals surface area contributed by atoms with E-state index in [2.05, 4.69) is 38.0 Å². The molecule has 0 fully saturated rings. The molecule has 1 unspecified atom stereocenters. The van der Waals surface area contributed by atoms with Crippen molar-refractivity contribution in [3.8, 4) is 0 Å². The first kappa shape index (κ1) is 21.3. The fourth-order valence-electron chi connectivity index (χ4n) is 1.68. The molecular formula is C14H32IN3O. The average molecular weight is 385 g/mol. The summed E-state index contributed by atoms with van der Waals surface area (Å²) in [6, 6.07) is 0. The van der Waals surface area contributed by atoms with Crippen LogP contribution in [-0.2, 0) is 4.74 Å². The number of hydrogen-bond donors (Lipinski definition) is 2. The van der Waals surface area contributed by atoms with Gasteiger partial charge in [-0.25, -0.2) is 0 Å². The smallest absolute Gasteiger partial charge is 0.188 e. The van der Waals surface area contributed by atoms with Crippen molar-refractivity contribution in [1.82, 2.24) is 5.32 Å². The Kier molecular flexibility index (Phi) is 14.5. The summed E-state index contributed by atoms with van der Waals surface area (Å²) in [4.78, 5) is 4.33. The molecule has 0 saturated carbocycles. The van der Waals surface area contributed by atoms with Crippen molar-refractivity contribution >= 4 is 29.9 Å². The number of nitrogens with two attached hydrogens (primary N) is 1. The van der Waals surface area contributed by atoms with E-state index in [1.807, 2.05) is 6.92 Å². The second-order valence-corrected chi connectivity index (χ2v) is 5.40. The van der Waals surface area contributed by atoms with Gasteiger partial charge in [-0.2, -0.15) is 0 Å². The zero-order chi connectivity index (χ0) is 14.0. The van der Waals surface area contributed by atoms with Crippen LogP contribution >= 0.6 is 24.0 Å². The first-order chi connectivity index (χ1) is 8.47. The van der Waals surface area contributed by atoms with Crippen molar-refractivity contribution < 1.29 is 4.74 Å². The Morgan fingerprint density at radius 1 is 1.21 bits per heavy atom. The third-order valence-electron chi connectivity index (χ3n) is 2.85. The molecule has 0 aliphatic rings. The van der Waals surface area contributed by atoms with Gasteiger partial charge in [0, 0.05) is 19.7 Å². The highest BCUT2D eigenvalue weighted by Gasteiger charge is 2.12. The Bertz CT molecular complexity index is 233. The van der Waals surface area contributed by atoms with Gasteiger partial charge in [-0.05, 0) is 31.6 Å². The van der Waals surface area contributed by atoms with E-state index in [0.29, 0.717) is 17.8 Å². The molecule has 0 saturated heterocycles. The van der Waals surface area contributed by atoms with E-state index >= 15 is 0 Å². The van der Waals surface area contributed by atoms with Crippen LogP contribution in [0, 0.1) is 11.8 Å². The molecule has 0 bridgehead atoms. The van der Waals surface area contributed by atoms with E-state index in [-0.39, 0.29) is 30.1 Å². The van der Waals surface area contributed by atoms with Crippen molar-refractivity contribution in [3.63, 3.8) is 0 Å². The van der Waals surface area contributed by atoms with Crippen molar-refractivity contribution in [3.05, 3.63) is 0 Å². The number of hydrogen-bond acceptors (Lipinski definition) is 2. The first-order valence-corrected chi connectivity index (χ1v) is 7.12. The van der Waals surface area contributed by atoms with E-state index in [0.717, 1.165) is 32.5 Å². The molecular weight excluding hydrogens is 353 g/mol. The fourth-order valence-corrected chi connectivity index (χ4v) is 1.68. The van der Waals surface area contributed by atoms with Crippen LogP contribution in [0.15, 0.2) is 4.99 Å². The zero-order valence-corrected chi connectivity index (χ0v) is 15.4. The van der Waals surface area contributed by atoms with Gasteiger partial charge in [0.05, 0.1) is 6.10 Å². The molecule has 3 N–H and O–H groups in total. The molecule has 0 spiro atoms. The Hall–Kier alpha value is -0.0400. The number of aliphatic imine (C=N–C) groups is 1. The zero-order valence-electron chi connectivity index (χ0n) is 13.1. The van der Waals surface area contributed by atoms with Gasteiger partial charge in [-0.3, -0.25) is 4.99 Å². The fraction of sp³-hybridized carbons (Fsp3) is 0.929. The number of nitrogens with one attached hydrogen (secondary N) is 1. The molecule has 0 aliphatic carbocycles. The van der Waals surface area contributed by atoms with Crippen molar-refractivity contribution in [1.29, 1.82) is 0 Å². The molecule has 116 valence electrons. The van der Waals surface area contributed by atoms with Crippen LogP contribution in [0.25, 0.3) is 0 Å². The number of nitrogens with zero attached hydrogens (tertiary/aromatic N) is 1. The first-order valence-electron chi connectivity index (χ1n) is 7.12. The van der Waals surface area contributed by atoms with Crippen LogP contribution in [-0.4, -0.2) is 31.8 Å². The van der Waals surface area contributed by atoms with Gasteiger partial charge in [-0.1, -0.05) is 27.7 Å². The monoisotopic (exact) mass is 385 g/mol. The Morgan fingerprint density at radius 3 is 2.32 bits per heavy atom. The third kappa shape index (κ3) is 12.7. The van der Waals surface area contributed by atoms with Gasteiger partial charge in [0.25, 0.3) is 0 Å². The topological polar surface area (TPSA) is 59.6 Å². The average Bonchev–Trinajstić information content (AvgIpc) is 2.27. The highest BCUT2D eigenvalue weighted by atomic mass is 127. The van der Waals surface area contributed by atoms with E-state index in [4.69, 9.17) is 10.5 Å². The maximum absolute atomic E-state index is 5.79. The highest BCUT2D eigenvalue weighted by molar-refractivity contribution is 14.0. The summed E-state index contributed by atoms with van der Waals surface area (Å²) in [6.07, 6.45) is 2.32. The summed E-state index contributed by atoms with van der Waals surface area (Å²) in [5, 5.41) is 3.14. The standard InChI is InChI=1S/C14H31N3O.HI/c1-6-18-13(12(4)5)8-10-17-14(15)16-9-7-11(2)3;/h11-13H,6-10H2,1-5H3,(H3,15,16,17);1H. The van der Waals surface area contributed by atoms with Crippen LogP contribution in [0.2, 0.25) is 0 Å². The Labute approximate surface area is 136 Å². The van der Waals surface area contributed by atoms with Gasteiger partial charge in [-0.15, -0.1) is 24.0 Å². The summed E-state index contributed by atoms with van der Waals surface area (Å²) in [7, 11) is 0. The largest absolute Gasteiger partial charge is 0.378 e. The highest BCUT2D eigenvalue weighted by Crippen LogP contribution is 2.10. The second kappa shape index (κ2) is 13.0. The lowest BCUT2D eigenvalue weighted by atomic mass is 10.0. The molecule has 0 aromatic rings. The van der Waals surface area contributed by atoms with Crippen molar-refractivity contribution in [2.75, 3.05) is 19.7 Å². The molecule has 4 nitrogen and oxygen atoms in total. The Balaban J connectivity index is 0. The van der Waals surface area contributed by atoms with Crippen LogP contribution in [0.5, 0.6) is 0 Å². The van der Waals surface area contributed by atoms with Crippen LogP contribution in [0.4, 0.5) is 0 Å². The molecule has 0 rings (SSSR count). The molecule has 0 amide bonds. The molecule has 5 heteroatoms. The lowest BCUT2D eigenvalue weighted by Crippen LogP contribution is -2.33. The number of guanidine groups is 1. The van der Waals surface area contributed by atoms with E-state index < -0.39 is 0 Å². The molecule has 0 heterocycles. The van der Waals surface area contributed by atoms with E-state index in [9.17, 15) is 0 Å². The predicted molar refractivity (Wildman–Crippen MR) is 94.2 cm³/mol. The summed E-state index contributed by atoms with van der Waals surface area (Å²) in [5.74, 6) is 1.76. The van der Waals surface area contributed by atoms with Gasteiger partial charge in [0.15, 0.2) is 5.96 Å². The lowest BCUT2D eigenvalue weighted by Gasteiger charge is -2.19. The minimum absolute atomic E-state index is 0. The van der Waals surface area contributed by atoms with Gasteiger partial charge < -0.3 is 15.8 Å². The summed E-state index contributed by atoms with van der Waals surface area (Å²) in [6.45, 7) is 13.2. The molecule has 19 heavy (non-hydrogen) atoms. The quantitative estimate of drug-likeness (QED) is 0.365. The molecule has 0 aromatic carbocycles. The summed E-state index contributed by atoms with van der Waals surface area (Å²) >= 11 is 0. The molecule has 0 aliphatic heterocycles. The summed E-state index contributed by atoms with van der Waals surface area (Å²) in [5.41, 5.74) is 5.79. The summed E-state index contributed by atoms with van der Waals surface area (Å²) < 4.78 is 5.67. The molecule has 1 atom stereocenters. The van der Waals surface area contributed by atoms with Crippen molar-refractivity contribution in [2.45, 2.75) is 53.6 Å². The Morgan fingerprint density at radius 2 is 1.84 bits per heavy atom. The molecule has 0 aromatic heterocycles. The predicted octanol–water partition coefficient (Wildman–Crippen LogP) is 3.01. The van der Waals surface area contributed by atoms with Gasteiger partial charge in [0.1, 0.15) is 0 Å².